The molecule has 1 saturated heterocycles. The van der Waals surface area contributed by atoms with Gasteiger partial charge in [-0.1, -0.05) is 182 Å². The Labute approximate surface area is 444 Å². The number of ether oxygens (including phenoxy) is 6. The van der Waals surface area contributed by atoms with Crippen molar-refractivity contribution in [1.29, 1.82) is 0 Å². The Hall–Kier alpha value is -1.89. The van der Waals surface area contributed by atoms with Crippen LogP contribution in [0.15, 0.2) is 18.7 Å². The van der Waals surface area contributed by atoms with E-state index in [1.807, 2.05) is 18.7 Å². The van der Waals surface area contributed by atoms with Crippen molar-refractivity contribution in [3.63, 3.8) is 0 Å². The molecule has 424 valence electrons. The van der Waals surface area contributed by atoms with Crippen LogP contribution in [0.5, 0.6) is 0 Å². The minimum absolute atomic E-state index is 0.133. The van der Waals surface area contributed by atoms with Gasteiger partial charge in [-0.05, 0) is 89.3 Å². The lowest BCUT2D eigenvalue weighted by atomic mass is 9.73. The molecule has 0 unspecified atom stereocenters. The molecule has 0 amide bonds. The van der Waals surface area contributed by atoms with Gasteiger partial charge in [0.05, 0.1) is 19.4 Å². The van der Waals surface area contributed by atoms with Gasteiger partial charge in [0, 0.05) is 78.3 Å². The van der Waals surface area contributed by atoms with Gasteiger partial charge in [-0.25, -0.2) is 4.98 Å². The van der Waals surface area contributed by atoms with Crippen LogP contribution in [-0.2, 0) is 44.6 Å². The van der Waals surface area contributed by atoms with E-state index >= 15 is 0 Å². The Morgan fingerprint density at radius 3 is 1.38 bits per heavy atom. The van der Waals surface area contributed by atoms with Gasteiger partial charge in [-0.15, -0.1) is 0 Å². The Kier molecular flexibility index (Phi) is 49.7. The van der Waals surface area contributed by atoms with Crippen molar-refractivity contribution in [2.45, 2.75) is 291 Å². The van der Waals surface area contributed by atoms with Crippen LogP contribution in [-0.4, -0.2) is 106 Å². The van der Waals surface area contributed by atoms with E-state index in [0.717, 1.165) is 104 Å². The van der Waals surface area contributed by atoms with Crippen molar-refractivity contribution in [3.05, 3.63) is 18.7 Å². The fourth-order valence-corrected chi connectivity index (χ4v) is 9.66. The van der Waals surface area contributed by atoms with Gasteiger partial charge in [-0.3, -0.25) is 4.79 Å². The molecule has 1 aliphatic rings. The zero-order valence-electron chi connectivity index (χ0n) is 48.0. The summed E-state index contributed by atoms with van der Waals surface area (Å²) in [5, 5.41) is 0. The highest BCUT2D eigenvalue weighted by Crippen LogP contribution is 2.38. The lowest BCUT2D eigenvalue weighted by Gasteiger charge is -2.42. The second-order valence-electron chi connectivity index (χ2n) is 21.2. The van der Waals surface area contributed by atoms with E-state index in [2.05, 4.69) is 42.1 Å². The van der Waals surface area contributed by atoms with Gasteiger partial charge >= 0.3 is 5.97 Å². The van der Waals surface area contributed by atoms with Crippen molar-refractivity contribution in [3.8, 4) is 0 Å². The van der Waals surface area contributed by atoms with Gasteiger partial charge in [0.2, 0.25) is 0 Å². The molecule has 0 atom stereocenters. The maximum atomic E-state index is 12.8. The number of likely N-dealkylation sites (tertiary alicyclic amines) is 1. The van der Waals surface area contributed by atoms with Crippen LogP contribution in [0.2, 0.25) is 0 Å². The Balaban J connectivity index is 0.000000875. The summed E-state index contributed by atoms with van der Waals surface area (Å²) in [6, 6.07) is 0. The number of aryl methyl sites for hydroxylation is 1. The summed E-state index contributed by atoms with van der Waals surface area (Å²) in [4.78, 5) is 30.2. The van der Waals surface area contributed by atoms with Gasteiger partial charge in [0.15, 0.2) is 12.6 Å². The van der Waals surface area contributed by atoms with Gasteiger partial charge in [0.25, 0.3) is 0 Å². The Morgan fingerprint density at radius 1 is 0.542 bits per heavy atom. The molecule has 72 heavy (non-hydrogen) atoms. The van der Waals surface area contributed by atoms with Crippen molar-refractivity contribution in [2.75, 3.05) is 66.4 Å². The molecule has 0 N–H and O–H groups in total. The number of rotatable bonds is 53. The maximum absolute atomic E-state index is 12.8. The summed E-state index contributed by atoms with van der Waals surface area (Å²) in [6.07, 6.45) is 50.6. The molecule has 0 radical (unpaired) electrons. The van der Waals surface area contributed by atoms with E-state index in [1.54, 1.807) is 7.11 Å². The second-order valence-corrected chi connectivity index (χ2v) is 21.2. The SMILES string of the molecule is CCCCCCCCCOC(CCC(=O)OCCC1(CCOC)CCN(CCCCn2ccnc2)CC1)OCCCCCCCCC.CCCCCCCCCOC(CCC=O)OCCCCCCCCC. The molecule has 0 aromatic carbocycles. The highest BCUT2D eigenvalue weighted by atomic mass is 16.7. The molecule has 0 bridgehead atoms. The van der Waals surface area contributed by atoms with Crippen LogP contribution in [0.1, 0.15) is 272 Å². The van der Waals surface area contributed by atoms with E-state index < -0.39 is 0 Å². The number of aldehydes is 1. The number of imidazole rings is 1. The second kappa shape index (κ2) is 52.5. The van der Waals surface area contributed by atoms with Crippen LogP contribution in [0.25, 0.3) is 0 Å². The lowest BCUT2D eigenvalue weighted by molar-refractivity contribution is -0.160. The topological polar surface area (TPSA) is 111 Å². The molecular weight excluding hydrogens is 903 g/mol. The monoisotopic (exact) mass is 1020 g/mol. The minimum Gasteiger partial charge on any atom is -0.466 e. The van der Waals surface area contributed by atoms with Crippen molar-refractivity contribution in [1.82, 2.24) is 14.5 Å². The van der Waals surface area contributed by atoms with Gasteiger partial charge in [0.1, 0.15) is 6.29 Å². The first kappa shape index (κ1) is 68.1. The van der Waals surface area contributed by atoms with E-state index in [1.165, 1.54) is 167 Å². The molecular formula is C61H117N3O8. The number of carbonyl (C=O) groups excluding carboxylic acids is 2. The van der Waals surface area contributed by atoms with E-state index in [4.69, 9.17) is 28.4 Å². The van der Waals surface area contributed by atoms with Crippen LogP contribution < -0.4 is 0 Å². The van der Waals surface area contributed by atoms with E-state index in [0.29, 0.717) is 45.5 Å². The standard InChI is InChI=1S/C39H73N3O5.C22H44O3/c1-4-6-8-10-12-14-18-32-46-38(47-33-19-15-13-11-9-7-5-2)21-20-37(43)45-35-25-39(24-34-44-3)22-29-41(30-23-39)27-16-17-28-42-31-26-40-36-42;1-3-5-7-9-11-13-15-20-24-22(18-17-19-23)25-21-16-14-12-10-8-6-4-2/h26,31,36,38H,4-25,27-30,32-35H2,1-3H3;19,22H,3-18,20-21H2,1-2H3. The number of hydrogen-bond donors (Lipinski definition) is 0. The van der Waals surface area contributed by atoms with Crippen LogP contribution in [0.4, 0.5) is 0 Å². The Bertz CT molecular complexity index is 1210. The number of esters is 1. The molecule has 2 heterocycles. The smallest absolute Gasteiger partial charge is 0.305 e. The lowest BCUT2D eigenvalue weighted by Crippen LogP contribution is -2.41. The molecule has 0 spiro atoms. The minimum atomic E-state index is -0.319. The van der Waals surface area contributed by atoms with Crippen LogP contribution in [0.3, 0.4) is 0 Å². The summed E-state index contributed by atoms with van der Waals surface area (Å²) in [7, 11) is 1.78. The predicted molar refractivity (Wildman–Crippen MR) is 300 cm³/mol. The molecule has 11 nitrogen and oxygen atoms in total. The summed E-state index contributed by atoms with van der Waals surface area (Å²) < 4.78 is 37.5. The molecule has 1 aromatic heterocycles. The molecule has 1 aliphatic heterocycles. The van der Waals surface area contributed by atoms with Crippen molar-refractivity contribution >= 4 is 12.3 Å². The van der Waals surface area contributed by atoms with E-state index in [-0.39, 0.29) is 24.0 Å². The average molecular weight is 1020 g/mol. The molecule has 1 fully saturated rings. The summed E-state index contributed by atoms with van der Waals surface area (Å²) in [5.41, 5.74) is 0.186. The summed E-state index contributed by atoms with van der Waals surface area (Å²) in [6.45, 7) is 17.6. The maximum Gasteiger partial charge on any atom is 0.305 e. The normalized spacial score (nSPS) is 13.8. The summed E-state index contributed by atoms with van der Waals surface area (Å²) >= 11 is 0. The zero-order valence-corrected chi connectivity index (χ0v) is 48.0. The molecule has 1 aromatic rings. The first-order valence-electron chi connectivity index (χ1n) is 30.7. The number of nitrogens with zero attached hydrogens (tertiary/aromatic N) is 3. The first-order valence-corrected chi connectivity index (χ1v) is 30.7. The molecule has 0 aliphatic carbocycles. The molecule has 11 heteroatoms. The molecule has 2 rings (SSSR count). The molecule has 0 saturated carbocycles. The quantitative estimate of drug-likeness (QED) is 0.0271. The number of hydrogen-bond acceptors (Lipinski definition) is 10. The zero-order chi connectivity index (χ0) is 52.1. The van der Waals surface area contributed by atoms with Crippen molar-refractivity contribution in [2.24, 2.45) is 5.41 Å². The highest BCUT2D eigenvalue weighted by Gasteiger charge is 2.34. The Morgan fingerprint density at radius 2 is 0.958 bits per heavy atom. The average Bonchev–Trinajstić information content (AvgIpc) is 3.92. The number of carbonyl (C=O) groups is 2. The largest absolute Gasteiger partial charge is 0.466 e. The highest BCUT2D eigenvalue weighted by molar-refractivity contribution is 5.69. The van der Waals surface area contributed by atoms with Crippen molar-refractivity contribution < 1.29 is 38.0 Å². The fraction of sp³-hybridized carbons (Fsp3) is 0.918. The number of piperidine rings is 1. The van der Waals surface area contributed by atoms with E-state index in [9.17, 15) is 9.59 Å². The number of unbranched alkanes of at least 4 members (excludes halogenated alkanes) is 25. The first-order chi connectivity index (χ1) is 35.4. The number of aromatic nitrogens is 2. The van der Waals surface area contributed by atoms with Crippen LogP contribution in [0, 0.1) is 5.41 Å². The van der Waals surface area contributed by atoms with Gasteiger partial charge in [-0.2, -0.15) is 0 Å². The third-order valence-corrected chi connectivity index (χ3v) is 14.7. The van der Waals surface area contributed by atoms with Crippen LogP contribution >= 0.6 is 0 Å². The number of methoxy groups -OCH3 is 1. The summed E-state index contributed by atoms with van der Waals surface area (Å²) in [5.74, 6) is -0.133. The third-order valence-electron chi connectivity index (χ3n) is 14.7. The third kappa shape index (κ3) is 42.3. The predicted octanol–water partition coefficient (Wildman–Crippen LogP) is 16.2. The fourth-order valence-electron chi connectivity index (χ4n) is 9.66. The van der Waals surface area contributed by atoms with Gasteiger partial charge < -0.3 is 42.7 Å².